The van der Waals surface area contributed by atoms with Crippen LogP contribution in [0.15, 0.2) is 35.1 Å². The highest BCUT2D eigenvalue weighted by atomic mass is 79.9. The number of ether oxygens (including phenoxy) is 1. The molecule has 0 aliphatic heterocycles. The van der Waals surface area contributed by atoms with E-state index in [9.17, 15) is 0 Å². The Balaban J connectivity index is 2.13. The van der Waals surface area contributed by atoms with Gasteiger partial charge in [-0.15, -0.1) is 0 Å². The second kappa shape index (κ2) is 7.45. The molecular weight excluding hydrogens is 318 g/mol. The number of nitrogens with zero attached hydrogens (tertiary/aromatic N) is 1. The third kappa shape index (κ3) is 3.84. The summed E-state index contributed by atoms with van der Waals surface area (Å²) in [6.07, 6.45) is 5.64. The van der Waals surface area contributed by atoms with Crippen LogP contribution in [-0.2, 0) is 6.42 Å². The first kappa shape index (κ1) is 15.1. The third-order valence-corrected chi connectivity index (χ3v) is 3.77. The van der Waals surface area contributed by atoms with E-state index in [1.54, 1.807) is 13.3 Å². The zero-order valence-electron chi connectivity index (χ0n) is 11.8. The molecule has 0 spiro atoms. The fourth-order valence-electron chi connectivity index (χ4n) is 2.12. The van der Waals surface area contributed by atoms with Crippen LogP contribution in [0.2, 0.25) is 0 Å². The van der Waals surface area contributed by atoms with Crippen molar-refractivity contribution < 1.29 is 4.74 Å². The van der Waals surface area contributed by atoms with Gasteiger partial charge in [0.05, 0.1) is 17.6 Å². The molecule has 1 unspecified atom stereocenters. The lowest BCUT2D eigenvalue weighted by atomic mass is 10.1. The number of methoxy groups -OCH3 is 1. The van der Waals surface area contributed by atoms with Gasteiger partial charge in [-0.25, -0.2) is 4.98 Å². The summed E-state index contributed by atoms with van der Waals surface area (Å²) < 4.78 is 6.24. The van der Waals surface area contributed by atoms with Gasteiger partial charge in [-0.3, -0.25) is 0 Å². The molecule has 0 aliphatic carbocycles. The van der Waals surface area contributed by atoms with Crippen LogP contribution in [0.1, 0.15) is 30.8 Å². The number of hydrogen-bond donors (Lipinski definition) is 2. The van der Waals surface area contributed by atoms with Crippen LogP contribution in [0, 0.1) is 0 Å². The van der Waals surface area contributed by atoms with E-state index in [0.29, 0.717) is 0 Å². The number of imidazole rings is 1. The quantitative estimate of drug-likeness (QED) is 0.813. The van der Waals surface area contributed by atoms with Gasteiger partial charge >= 0.3 is 0 Å². The summed E-state index contributed by atoms with van der Waals surface area (Å²) in [5.74, 6) is 1.83. The minimum absolute atomic E-state index is 0.199. The van der Waals surface area contributed by atoms with Crippen LogP contribution < -0.4 is 10.1 Å². The Hall–Kier alpha value is -1.33. The normalized spacial score (nSPS) is 12.3. The Morgan fingerprint density at radius 2 is 2.30 bits per heavy atom. The molecule has 108 valence electrons. The molecule has 0 saturated heterocycles. The van der Waals surface area contributed by atoms with Crippen molar-refractivity contribution in [2.75, 3.05) is 13.7 Å². The first-order valence-corrected chi connectivity index (χ1v) is 7.59. The van der Waals surface area contributed by atoms with E-state index in [1.807, 2.05) is 12.3 Å². The lowest BCUT2D eigenvalue weighted by molar-refractivity contribution is 0.411. The van der Waals surface area contributed by atoms with E-state index in [-0.39, 0.29) is 6.04 Å². The second-order valence-electron chi connectivity index (χ2n) is 4.65. The third-order valence-electron chi connectivity index (χ3n) is 3.15. The van der Waals surface area contributed by atoms with Crippen molar-refractivity contribution in [1.29, 1.82) is 0 Å². The van der Waals surface area contributed by atoms with Gasteiger partial charge in [0.2, 0.25) is 0 Å². The smallest absolute Gasteiger partial charge is 0.133 e. The number of aromatic nitrogens is 2. The highest BCUT2D eigenvalue weighted by Crippen LogP contribution is 2.27. The molecule has 1 heterocycles. The van der Waals surface area contributed by atoms with Gasteiger partial charge in [-0.1, -0.05) is 13.0 Å². The summed E-state index contributed by atoms with van der Waals surface area (Å²) >= 11 is 3.53. The molecule has 1 aromatic heterocycles. The molecule has 1 atom stereocenters. The molecule has 0 amide bonds. The van der Waals surface area contributed by atoms with Gasteiger partial charge in [-0.05, 0) is 53.0 Å². The maximum absolute atomic E-state index is 5.26. The Labute approximate surface area is 128 Å². The summed E-state index contributed by atoms with van der Waals surface area (Å²) in [6.45, 7) is 3.14. The number of rotatable bonds is 7. The van der Waals surface area contributed by atoms with Crippen molar-refractivity contribution in [2.45, 2.75) is 25.8 Å². The van der Waals surface area contributed by atoms with Gasteiger partial charge in [0, 0.05) is 12.4 Å². The highest BCUT2D eigenvalue weighted by molar-refractivity contribution is 9.10. The van der Waals surface area contributed by atoms with Gasteiger partial charge in [-0.2, -0.15) is 0 Å². The first-order valence-electron chi connectivity index (χ1n) is 6.79. The van der Waals surface area contributed by atoms with Crippen LogP contribution in [0.3, 0.4) is 0 Å². The van der Waals surface area contributed by atoms with Gasteiger partial charge in [0.15, 0.2) is 0 Å². The van der Waals surface area contributed by atoms with Crippen LogP contribution in [0.5, 0.6) is 5.75 Å². The van der Waals surface area contributed by atoms with Crippen LogP contribution in [0.4, 0.5) is 0 Å². The lowest BCUT2D eigenvalue weighted by Gasteiger charge is -2.17. The predicted molar refractivity (Wildman–Crippen MR) is 84.0 cm³/mol. The van der Waals surface area contributed by atoms with Crippen molar-refractivity contribution in [2.24, 2.45) is 0 Å². The summed E-state index contributed by atoms with van der Waals surface area (Å²) in [5.41, 5.74) is 1.24. The molecule has 1 aromatic carbocycles. The molecule has 2 aromatic rings. The molecule has 5 heteroatoms. The largest absolute Gasteiger partial charge is 0.496 e. The van der Waals surface area contributed by atoms with Crippen LogP contribution in [0.25, 0.3) is 0 Å². The van der Waals surface area contributed by atoms with E-state index >= 15 is 0 Å². The molecule has 2 rings (SSSR count). The Kier molecular flexibility index (Phi) is 5.61. The second-order valence-corrected chi connectivity index (χ2v) is 5.51. The Morgan fingerprint density at radius 1 is 1.45 bits per heavy atom. The molecule has 20 heavy (non-hydrogen) atoms. The summed E-state index contributed by atoms with van der Waals surface area (Å²) in [6, 6.07) is 6.37. The number of nitrogens with one attached hydrogen (secondary N) is 2. The summed E-state index contributed by atoms with van der Waals surface area (Å²) in [4.78, 5) is 7.56. The fraction of sp³-hybridized carbons (Fsp3) is 0.400. The number of aromatic amines is 1. The standard InChI is InChI=1S/C15H20BrN3O/c1-3-6-17-13(15-18-7-8-19-15)10-11-4-5-14(20-2)12(16)9-11/h4-5,7-9,13,17H,3,6,10H2,1-2H3,(H,18,19). The number of H-pyrrole nitrogens is 1. The number of halogens is 1. The Bertz CT molecular complexity index is 528. The van der Waals surface area contributed by atoms with Crippen molar-refractivity contribution >= 4 is 15.9 Å². The predicted octanol–water partition coefficient (Wildman–Crippen LogP) is 3.46. The molecule has 0 radical (unpaired) electrons. The molecular formula is C15H20BrN3O. The average molecular weight is 338 g/mol. The van der Waals surface area contributed by atoms with E-state index in [4.69, 9.17) is 4.74 Å². The van der Waals surface area contributed by atoms with Gasteiger partial charge in [0.1, 0.15) is 11.6 Å². The van der Waals surface area contributed by atoms with Crippen LogP contribution in [-0.4, -0.2) is 23.6 Å². The average Bonchev–Trinajstić information content (AvgIpc) is 2.97. The van der Waals surface area contributed by atoms with Gasteiger partial charge in [0.25, 0.3) is 0 Å². The summed E-state index contributed by atoms with van der Waals surface area (Å²) in [5, 5.41) is 3.53. The van der Waals surface area contributed by atoms with E-state index in [2.05, 4.69) is 50.3 Å². The first-order chi connectivity index (χ1) is 9.74. The molecule has 4 nitrogen and oxygen atoms in total. The van der Waals surface area contributed by atoms with Gasteiger partial charge < -0.3 is 15.0 Å². The molecule has 2 N–H and O–H groups in total. The van der Waals surface area contributed by atoms with E-state index in [0.717, 1.165) is 35.4 Å². The zero-order valence-corrected chi connectivity index (χ0v) is 13.4. The van der Waals surface area contributed by atoms with Crippen LogP contribution >= 0.6 is 15.9 Å². The zero-order chi connectivity index (χ0) is 14.4. The van der Waals surface area contributed by atoms with Crippen molar-refractivity contribution in [1.82, 2.24) is 15.3 Å². The van der Waals surface area contributed by atoms with Crippen molar-refractivity contribution in [3.8, 4) is 5.75 Å². The minimum Gasteiger partial charge on any atom is -0.496 e. The SMILES string of the molecule is CCCNC(Cc1ccc(OC)c(Br)c1)c1ncc[nH]1. The topological polar surface area (TPSA) is 49.9 Å². The summed E-state index contributed by atoms with van der Waals surface area (Å²) in [7, 11) is 1.67. The van der Waals surface area contributed by atoms with E-state index < -0.39 is 0 Å². The van der Waals surface area contributed by atoms with Crippen molar-refractivity contribution in [3.05, 3.63) is 46.5 Å². The monoisotopic (exact) mass is 337 g/mol. The van der Waals surface area contributed by atoms with Crippen molar-refractivity contribution in [3.63, 3.8) is 0 Å². The molecule has 0 saturated carbocycles. The fourth-order valence-corrected chi connectivity index (χ4v) is 2.71. The van der Waals surface area contributed by atoms with E-state index in [1.165, 1.54) is 5.56 Å². The molecule has 0 aliphatic rings. The minimum atomic E-state index is 0.199. The highest BCUT2D eigenvalue weighted by Gasteiger charge is 2.14. The molecule has 0 bridgehead atoms. The maximum Gasteiger partial charge on any atom is 0.133 e. The lowest BCUT2D eigenvalue weighted by Crippen LogP contribution is -2.25. The Morgan fingerprint density at radius 3 is 2.90 bits per heavy atom. The maximum atomic E-state index is 5.26. The molecule has 0 fully saturated rings. The number of hydrogen-bond acceptors (Lipinski definition) is 3. The number of benzene rings is 1.